The maximum atomic E-state index is 5.62. The van der Waals surface area contributed by atoms with Crippen LogP contribution < -0.4 is 15.4 Å². The lowest BCUT2D eigenvalue weighted by atomic mass is 9.95. The van der Waals surface area contributed by atoms with E-state index in [-0.39, 0.29) is 5.54 Å². The van der Waals surface area contributed by atoms with Gasteiger partial charge in [-0.2, -0.15) is 0 Å². The summed E-state index contributed by atoms with van der Waals surface area (Å²) in [5, 5.41) is 7.08. The summed E-state index contributed by atoms with van der Waals surface area (Å²) in [5.41, 5.74) is 2.26. The quantitative estimate of drug-likeness (QED) is 0.822. The third kappa shape index (κ3) is 1.82. The second-order valence-corrected chi connectivity index (χ2v) is 4.67. The Morgan fingerprint density at radius 2 is 2.41 bits per heavy atom. The monoisotopic (exact) mass is 234 g/mol. The number of ether oxygens (including phenoxy) is 2. The first-order valence-electron chi connectivity index (χ1n) is 6.19. The molecule has 0 aromatic heterocycles. The van der Waals surface area contributed by atoms with E-state index in [0.29, 0.717) is 6.61 Å². The molecule has 4 heteroatoms. The van der Waals surface area contributed by atoms with Crippen LogP contribution in [0, 0.1) is 0 Å². The second kappa shape index (κ2) is 4.11. The van der Waals surface area contributed by atoms with E-state index in [1.165, 1.54) is 0 Å². The van der Waals surface area contributed by atoms with Gasteiger partial charge in [0.2, 0.25) is 0 Å². The van der Waals surface area contributed by atoms with Crippen molar-refractivity contribution in [3.8, 4) is 5.75 Å². The molecule has 1 aromatic carbocycles. The first-order valence-corrected chi connectivity index (χ1v) is 6.19. The minimum absolute atomic E-state index is 0.0673. The van der Waals surface area contributed by atoms with E-state index in [9.17, 15) is 0 Å². The third-order valence-electron chi connectivity index (χ3n) is 3.43. The molecule has 1 spiro atoms. The Kier molecular flexibility index (Phi) is 2.59. The molecule has 3 rings (SSSR count). The number of benzene rings is 1. The minimum atomic E-state index is 0.0673. The smallest absolute Gasteiger partial charge is 0.144 e. The van der Waals surface area contributed by atoms with E-state index in [2.05, 4.69) is 16.7 Å². The molecular formula is C13H18N2O2. The number of fused-ring (bicyclic) bond motifs is 1. The van der Waals surface area contributed by atoms with E-state index in [1.54, 1.807) is 0 Å². The normalized spacial score (nSPS) is 26.2. The number of hydrogen-bond donors (Lipinski definition) is 2. The molecule has 4 nitrogen and oxygen atoms in total. The van der Waals surface area contributed by atoms with Crippen LogP contribution in [0.25, 0.3) is 0 Å². The molecule has 1 unspecified atom stereocenters. The summed E-state index contributed by atoms with van der Waals surface area (Å²) >= 11 is 0. The average Bonchev–Trinajstić information content (AvgIpc) is 2.78. The maximum Gasteiger partial charge on any atom is 0.144 e. The van der Waals surface area contributed by atoms with Crippen molar-refractivity contribution in [1.29, 1.82) is 0 Å². The van der Waals surface area contributed by atoms with Gasteiger partial charge in [-0.05, 0) is 25.5 Å². The van der Waals surface area contributed by atoms with E-state index in [0.717, 1.165) is 43.3 Å². The van der Waals surface area contributed by atoms with Crippen molar-refractivity contribution >= 4 is 11.4 Å². The summed E-state index contributed by atoms with van der Waals surface area (Å²) in [4.78, 5) is 0. The van der Waals surface area contributed by atoms with E-state index < -0.39 is 0 Å². The average molecular weight is 234 g/mol. The highest BCUT2D eigenvalue weighted by molar-refractivity contribution is 5.78. The summed E-state index contributed by atoms with van der Waals surface area (Å²) < 4.78 is 11.1. The number of anilines is 2. The van der Waals surface area contributed by atoms with Crippen molar-refractivity contribution < 1.29 is 9.47 Å². The molecule has 1 aromatic rings. The Bertz CT molecular complexity index is 414. The zero-order valence-electron chi connectivity index (χ0n) is 10.1. The molecule has 92 valence electrons. The fourth-order valence-electron chi connectivity index (χ4n) is 2.53. The van der Waals surface area contributed by atoms with Gasteiger partial charge in [0.15, 0.2) is 0 Å². The number of rotatable bonds is 2. The Morgan fingerprint density at radius 1 is 1.47 bits per heavy atom. The van der Waals surface area contributed by atoms with Crippen LogP contribution in [0.3, 0.4) is 0 Å². The van der Waals surface area contributed by atoms with Gasteiger partial charge in [-0.15, -0.1) is 0 Å². The zero-order chi connectivity index (χ0) is 11.7. The van der Waals surface area contributed by atoms with Crippen LogP contribution in [0.4, 0.5) is 11.4 Å². The van der Waals surface area contributed by atoms with Gasteiger partial charge in [-0.3, -0.25) is 0 Å². The molecule has 2 aliphatic rings. The first kappa shape index (κ1) is 10.7. The second-order valence-electron chi connectivity index (χ2n) is 4.67. The summed E-state index contributed by atoms with van der Waals surface area (Å²) in [7, 11) is 0. The predicted octanol–water partition coefficient (Wildman–Crippen LogP) is 2.08. The molecule has 1 atom stereocenters. The molecule has 0 amide bonds. The number of hydrogen-bond acceptors (Lipinski definition) is 4. The molecule has 1 fully saturated rings. The Labute approximate surface area is 101 Å². The molecule has 17 heavy (non-hydrogen) atoms. The van der Waals surface area contributed by atoms with Crippen LogP contribution in [0.15, 0.2) is 18.2 Å². The van der Waals surface area contributed by atoms with Gasteiger partial charge in [-0.1, -0.05) is 6.07 Å². The minimum Gasteiger partial charge on any atom is -0.492 e. The highest BCUT2D eigenvalue weighted by Crippen LogP contribution is 2.39. The number of para-hydroxylation sites is 1. The molecule has 0 aliphatic carbocycles. The fourth-order valence-corrected chi connectivity index (χ4v) is 2.53. The van der Waals surface area contributed by atoms with Crippen molar-refractivity contribution in [3.05, 3.63) is 18.2 Å². The van der Waals surface area contributed by atoms with Crippen molar-refractivity contribution in [2.45, 2.75) is 18.9 Å². The van der Waals surface area contributed by atoms with E-state index in [1.807, 2.05) is 19.1 Å². The highest BCUT2D eigenvalue weighted by Gasteiger charge is 2.38. The van der Waals surface area contributed by atoms with Crippen molar-refractivity contribution in [3.63, 3.8) is 0 Å². The third-order valence-corrected chi connectivity index (χ3v) is 3.43. The molecule has 2 aliphatic heterocycles. The highest BCUT2D eigenvalue weighted by atomic mass is 16.5. The lowest BCUT2D eigenvalue weighted by molar-refractivity contribution is 0.183. The Hall–Kier alpha value is -1.42. The fraction of sp³-hybridized carbons (Fsp3) is 0.538. The van der Waals surface area contributed by atoms with Crippen LogP contribution in [-0.4, -0.2) is 31.9 Å². The zero-order valence-corrected chi connectivity index (χ0v) is 10.1. The van der Waals surface area contributed by atoms with Gasteiger partial charge in [-0.25, -0.2) is 0 Å². The molecule has 2 heterocycles. The van der Waals surface area contributed by atoms with Crippen LogP contribution >= 0.6 is 0 Å². The standard InChI is InChI=1S/C13H18N2O2/c1-2-17-11-5-3-4-10-12(11)14-8-13(15-10)6-7-16-9-13/h3-5,14-15H,2,6-9H2,1H3. The first-order chi connectivity index (χ1) is 8.33. The van der Waals surface area contributed by atoms with Crippen LogP contribution in [0.2, 0.25) is 0 Å². The van der Waals surface area contributed by atoms with Crippen LogP contribution in [0.5, 0.6) is 5.75 Å². The Balaban J connectivity index is 1.90. The summed E-state index contributed by atoms with van der Waals surface area (Å²) in [5.74, 6) is 0.922. The molecule has 0 saturated carbocycles. The van der Waals surface area contributed by atoms with Gasteiger partial charge >= 0.3 is 0 Å². The van der Waals surface area contributed by atoms with Crippen LogP contribution in [-0.2, 0) is 4.74 Å². The van der Waals surface area contributed by atoms with Gasteiger partial charge in [0, 0.05) is 13.2 Å². The summed E-state index contributed by atoms with van der Waals surface area (Å²) in [6, 6.07) is 6.11. The van der Waals surface area contributed by atoms with Crippen molar-refractivity contribution in [1.82, 2.24) is 0 Å². The van der Waals surface area contributed by atoms with Gasteiger partial charge < -0.3 is 20.1 Å². The molecule has 0 radical (unpaired) electrons. The van der Waals surface area contributed by atoms with E-state index >= 15 is 0 Å². The van der Waals surface area contributed by atoms with Crippen molar-refractivity contribution in [2.24, 2.45) is 0 Å². The van der Waals surface area contributed by atoms with Gasteiger partial charge in [0.25, 0.3) is 0 Å². The molecule has 1 saturated heterocycles. The molecule has 0 bridgehead atoms. The van der Waals surface area contributed by atoms with Gasteiger partial charge in [0.1, 0.15) is 11.4 Å². The van der Waals surface area contributed by atoms with Crippen molar-refractivity contribution in [2.75, 3.05) is 37.0 Å². The SMILES string of the molecule is CCOc1cccc2c1NCC1(CCOC1)N2. The number of nitrogens with one attached hydrogen (secondary N) is 2. The predicted molar refractivity (Wildman–Crippen MR) is 67.9 cm³/mol. The van der Waals surface area contributed by atoms with Gasteiger partial charge in [0.05, 0.1) is 24.4 Å². The summed E-state index contributed by atoms with van der Waals surface area (Å²) in [6.07, 6.45) is 1.05. The summed E-state index contributed by atoms with van der Waals surface area (Å²) in [6.45, 7) is 5.20. The molecule has 2 N–H and O–H groups in total. The van der Waals surface area contributed by atoms with Crippen LogP contribution in [0.1, 0.15) is 13.3 Å². The topological polar surface area (TPSA) is 42.5 Å². The molecular weight excluding hydrogens is 216 g/mol. The largest absolute Gasteiger partial charge is 0.492 e. The lowest BCUT2D eigenvalue weighted by Crippen LogP contribution is -2.48. The lowest BCUT2D eigenvalue weighted by Gasteiger charge is -2.37. The Morgan fingerprint density at radius 3 is 3.18 bits per heavy atom. The maximum absolute atomic E-state index is 5.62. The van der Waals surface area contributed by atoms with E-state index in [4.69, 9.17) is 9.47 Å².